The molecule has 3 heterocycles. The van der Waals surface area contributed by atoms with Crippen molar-refractivity contribution in [2.24, 2.45) is 0 Å². The number of para-hydroxylation sites is 1. The number of hydrogen-bond donors (Lipinski definition) is 1. The van der Waals surface area contributed by atoms with Crippen molar-refractivity contribution in [3.63, 3.8) is 0 Å². The normalized spacial score (nSPS) is 13.9. The first kappa shape index (κ1) is 20.9. The van der Waals surface area contributed by atoms with Crippen molar-refractivity contribution in [1.29, 1.82) is 0 Å². The van der Waals surface area contributed by atoms with Crippen LogP contribution in [0.3, 0.4) is 0 Å². The van der Waals surface area contributed by atoms with Crippen LogP contribution in [0.4, 0.5) is 5.82 Å². The van der Waals surface area contributed by atoms with Gasteiger partial charge in [0.15, 0.2) is 5.43 Å². The molecule has 0 spiro atoms. The summed E-state index contributed by atoms with van der Waals surface area (Å²) in [5.74, 6) is 0.410. The molecule has 0 saturated carbocycles. The van der Waals surface area contributed by atoms with E-state index >= 15 is 0 Å². The van der Waals surface area contributed by atoms with Crippen LogP contribution in [-0.4, -0.2) is 59.4 Å². The van der Waals surface area contributed by atoms with Gasteiger partial charge in [0.25, 0.3) is 0 Å². The summed E-state index contributed by atoms with van der Waals surface area (Å²) in [4.78, 5) is 30.0. The molecule has 9 nitrogen and oxygen atoms in total. The van der Waals surface area contributed by atoms with Crippen LogP contribution in [0.2, 0.25) is 0 Å². The maximum absolute atomic E-state index is 12.8. The van der Waals surface area contributed by atoms with Gasteiger partial charge in [0.1, 0.15) is 11.5 Å². The number of fused-ring (bicyclic) bond motifs is 1. The van der Waals surface area contributed by atoms with Gasteiger partial charge in [-0.15, -0.1) is 5.10 Å². The first-order valence-electron chi connectivity index (χ1n) is 10.7. The Morgan fingerprint density at radius 3 is 2.70 bits per heavy atom. The Morgan fingerprint density at radius 1 is 1.15 bits per heavy atom. The van der Waals surface area contributed by atoms with Crippen molar-refractivity contribution in [3.8, 4) is 11.3 Å². The van der Waals surface area contributed by atoms with Crippen molar-refractivity contribution in [1.82, 2.24) is 20.0 Å². The monoisotopic (exact) mass is 445 g/mol. The lowest BCUT2D eigenvalue weighted by molar-refractivity contribution is 0.0600. The summed E-state index contributed by atoms with van der Waals surface area (Å²) >= 11 is 0. The summed E-state index contributed by atoms with van der Waals surface area (Å²) in [6.07, 6.45) is 1.85. The largest absolute Gasteiger partial charge is 0.465 e. The molecular weight excluding hydrogens is 422 g/mol. The van der Waals surface area contributed by atoms with E-state index in [-0.39, 0.29) is 11.4 Å². The number of hydrogen-bond acceptors (Lipinski definition) is 7. The summed E-state index contributed by atoms with van der Waals surface area (Å²) in [7, 11) is 1.36. The van der Waals surface area contributed by atoms with Crippen molar-refractivity contribution >= 4 is 22.7 Å². The fourth-order valence-electron chi connectivity index (χ4n) is 4.00. The number of rotatable bonds is 5. The highest BCUT2D eigenvalue weighted by Gasteiger charge is 2.16. The van der Waals surface area contributed by atoms with Gasteiger partial charge in [-0.2, -0.15) is 0 Å². The molecule has 4 aromatic rings. The molecule has 0 aliphatic carbocycles. The van der Waals surface area contributed by atoms with Crippen LogP contribution in [0, 0.1) is 0 Å². The predicted molar refractivity (Wildman–Crippen MR) is 124 cm³/mol. The number of pyridine rings is 1. The highest BCUT2D eigenvalue weighted by Crippen LogP contribution is 2.26. The molecule has 1 saturated heterocycles. The zero-order chi connectivity index (χ0) is 22.8. The van der Waals surface area contributed by atoms with Gasteiger partial charge in [-0.05, 0) is 23.8 Å². The Morgan fingerprint density at radius 2 is 1.94 bits per heavy atom. The number of carbonyl (C=O) groups is 1. The minimum Gasteiger partial charge on any atom is -0.465 e. The number of nitrogens with zero attached hydrogens (tertiary/aromatic N) is 4. The molecule has 1 aliphatic rings. The average molecular weight is 445 g/mol. The number of aromatic amines is 1. The Bertz CT molecular complexity index is 1350. The fourth-order valence-corrected chi connectivity index (χ4v) is 4.00. The smallest absolute Gasteiger partial charge is 0.337 e. The zero-order valence-corrected chi connectivity index (χ0v) is 18.2. The van der Waals surface area contributed by atoms with Crippen molar-refractivity contribution in [3.05, 3.63) is 76.1 Å². The molecule has 33 heavy (non-hydrogen) atoms. The molecule has 1 fully saturated rings. The molecule has 0 atom stereocenters. The van der Waals surface area contributed by atoms with Gasteiger partial charge in [0.2, 0.25) is 0 Å². The maximum Gasteiger partial charge on any atom is 0.337 e. The lowest BCUT2D eigenvalue weighted by Crippen LogP contribution is -2.37. The molecular formula is C24H23N5O4. The number of benzene rings is 2. The molecule has 2 aromatic carbocycles. The molecule has 0 amide bonds. The van der Waals surface area contributed by atoms with Crippen LogP contribution in [-0.2, 0) is 16.0 Å². The Kier molecular flexibility index (Phi) is 5.62. The van der Waals surface area contributed by atoms with Crippen LogP contribution in [0.15, 0.2) is 59.5 Å². The molecule has 0 radical (unpaired) electrons. The summed E-state index contributed by atoms with van der Waals surface area (Å²) in [5, 5.41) is 9.21. The van der Waals surface area contributed by atoms with Crippen LogP contribution in [0.25, 0.3) is 22.2 Å². The molecule has 168 valence electrons. The van der Waals surface area contributed by atoms with Crippen LogP contribution in [0.1, 0.15) is 15.9 Å². The van der Waals surface area contributed by atoms with E-state index in [1.807, 2.05) is 36.5 Å². The van der Waals surface area contributed by atoms with Gasteiger partial charge in [-0.25, -0.2) is 9.48 Å². The van der Waals surface area contributed by atoms with Crippen LogP contribution < -0.4 is 10.3 Å². The van der Waals surface area contributed by atoms with Crippen molar-refractivity contribution in [2.75, 3.05) is 38.3 Å². The topological polar surface area (TPSA) is 102 Å². The summed E-state index contributed by atoms with van der Waals surface area (Å²) in [5.41, 5.74) is 3.65. The van der Waals surface area contributed by atoms with E-state index in [1.54, 1.807) is 22.9 Å². The quantitative estimate of drug-likeness (QED) is 0.471. The number of morpholine rings is 1. The van der Waals surface area contributed by atoms with Gasteiger partial charge in [-0.1, -0.05) is 29.5 Å². The molecule has 0 unspecified atom stereocenters. The number of esters is 1. The third-order valence-electron chi connectivity index (χ3n) is 5.74. The lowest BCUT2D eigenvalue weighted by atomic mass is 10.1. The third kappa shape index (κ3) is 4.22. The molecule has 1 N–H and O–H groups in total. The van der Waals surface area contributed by atoms with Crippen LogP contribution in [0.5, 0.6) is 0 Å². The zero-order valence-electron chi connectivity index (χ0n) is 18.2. The van der Waals surface area contributed by atoms with Crippen LogP contribution >= 0.6 is 0 Å². The SMILES string of the molecule is COC(=O)c1ccc(Cn2cc(-c3cccc4c(=O)cc(N5CCOCC5)[nH]c34)nn2)cc1. The molecule has 9 heteroatoms. The van der Waals surface area contributed by atoms with Crippen molar-refractivity contribution < 1.29 is 14.3 Å². The lowest BCUT2D eigenvalue weighted by Gasteiger charge is -2.28. The highest BCUT2D eigenvalue weighted by molar-refractivity contribution is 5.93. The van der Waals surface area contributed by atoms with E-state index in [0.717, 1.165) is 35.6 Å². The second-order valence-corrected chi connectivity index (χ2v) is 7.84. The number of H-pyrrole nitrogens is 1. The van der Waals surface area contributed by atoms with E-state index in [1.165, 1.54) is 7.11 Å². The number of anilines is 1. The number of carbonyl (C=O) groups excluding carboxylic acids is 1. The number of ether oxygens (including phenoxy) is 2. The molecule has 1 aliphatic heterocycles. The average Bonchev–Trinajstić information content (AvgIpc) is 3.32. The highest BCUT2D eigenvalue weighted by atomic mass is 16.5. The van der Waals surface area contributed by atoms with Gasteiger partial charge in [0.05, 0.1) is 44.1 Å². The van der Waals surface area contributed by atoms with Gasteiger partial charge in [0, 0.05) is 30.1 Å². The maximum atomic E-state index is 12.8. The summed E-state index contributed by atoms with van der Waals surface area (Å²) in [6, 6.07) is 14.4. The Hall–Kier alpha value is -3.98. The number of aromatic nitrogens is 4. The van der Waals surface area contributed by atoms with E-state index in [9.17, 15) is 9.59 Å². The molecule has 0 bridgehead atoms. The standard InChI is InChI=1S/C24H23N5O4/c1-32-24(31)17-7-5-16(6-8-17)14-29-15-20(26-27-29)18-3-2-4-19-21(30)13-22(25-23(18)19)28-9-11-33-12-10-28/h2-8,13,15H,9-12,14H2,1H3,(H,25,30). The first-order chi connectivity index (χ1) is 16.1. The number of methoxy groups -OCH3 is 1. The second-order valence-electron chi connectivity index (χ2n) is 7.84. The third-order valence-corrected chi connectivity index (χ3v) is 5.74. The summed E-state index contributed by atoms with van der Waals surface area (Å²) < 4.78 is 11.9. The van der Waals surface area contributed by atoms with Gasteiger partial charge < -0.3 is 19.4 Å². The second kappa shape index (κ2) is 8.87. The molecule has 5 rings (SSSR count). The number of nitrogens with one attached hydrogen (secondary N) is 1. The Labute approximate surface area is 189 Å². The van der Waals surface area contributed by atoms with Crippen molar-refractivity contribution in [2.45, 2.75) is 6.54 Å². The van der Waals surface area contributed by atoms with E-state index in [0.29, 0.717) is 36.4 Å². The summed E-state index contributed by atoms with van der Waals surface area (Å²) in [6.45, 7) is 3.23. The van der Waals surface area contributed by atoms with E-state index < -0.39 is 0 Å². The Balaban J connectivity index is 1.45. The fraction of sp³-hybridized carbons (Fsp3) is 0.250. The molecule has 2 aromatic heterocycles. The minimum atomic E-state index is -0.369. The minimum absolute atomic E-state index is 0.0369. The first-order valence-corrected chi connectivity index (χ1v) is 10.7. The van der Waals surface area contributed by atoms with Gasteiger partial charge in [-0.3, -0.25) is 4.79 Å². The van der Waals surface area contributed by atoms with E-state index in [2.05, 4.69) is 20.2 Å². The predicted octanol–water partition coefficient (Wildman–Crippen LogP) is 2.46. The van der Waals surface area contributed by atoms with Gasteiger partial charge >= 0.3 is 5.97 Å². The van der Waals surface area contributed by atoms with E-state index in [4.69, 9.17) is 9.47 Å².